The van der Waals surface area contributed by atoms with E-state index in [0.29, 0.717) is 17.0 Å². The molecule has 0 heterocycles. The molecule has 1 amide bonds. The van der Waals surface area contributed by atoms with Gasteiger partial charge in [0.2, 0.25) is 0 Å². The molecular weight excluding hydrogens is 380 g/mol. The molecule has 0 aliphatic carbocycles. The number of aryl methyl sites for hydroxylation is 1. The Bertz CT molecular complexity index is 1080. The predicted octanol–water partition coefficient (Wildman–Crippen LogP) is 4.95. The lowest BCUT2D eigenvalue weighted by molar-refractivity contribution is -0.123. The minimum atomic E-state index is -0.411. The van der Waals surface area contributed by atoms with Gasteiger partial charge in [-0.05, 0) is 61.4 Å². The van der Waals surface area contributed by atoms with E-state index in [1.165, 1.54) is 12.3 Å². The maximum absolute atomic E-state index is 12.0. The molecule has 7 nitrogen and oxygen atoms in total. The minimum Gasteiger partial charge on any atom is -0.507 e. The molecule has 2 N–H and O–H groups in total. The van der Waals surface area contributed by atoms with Crippen molar-refractivity contribution in [1.29, 1.82) is 0 Å². The van der Waals surface area contributed by atoms with Crippen LogP contribution in [0.5, 0.6) is 11.5 Å². The Balaban J connectivity index is 1.58. The van der Waals surface area contributed by atoms with E-state index >= 15 is 0 Å². The molecule has 0 fully saturated rings. The Morgan fingerprint density at radius 2 is 1.77 bits per heavy atom. The van der Waals surface area contributed by atoms with Gasteiger partial charge in [-0.25, -0.2) is 5.43 Å². The fourth-order valence-electron chi connectivity index (χ4n) is 2.55. The van der Waals surface area contributed by atoms with Crippen molar-refractivity contribution in [1.82, 2.24) is 5.43 Å². The zero-order valence-electron chi connectivity index (χ0n) is 16.7. The summed E-state index contributed by atoms with van der Waals surface area (Å²) in [5.41, 5.74) is 6.12. The van der Waals surface area contributed by atoms with Gasteiger partial charge in [0, 0.05) is 5.56 Å². The summed E-state index contributed by atoms with van der Waals surface area (Å²) in [5.74, 6) is 0.258. The second-order valence-corrected chi connectivity index (χ2v) is 6.56. The van der Waals surface area contributed by atoms with Crippen molar-refractivity contribution in [3.63, 3.8) is 0 Å². The number of rotatable bonds is 7. The van der Waals surface area contributed by atoms with Crippen molar-refractivity contribution < 1.29 is 14.6 Å². The van der Waals surface area contributed by atoms with Crippen molar-refractivity contribution in [2.45, 2.75) is 13.8 Å². The van der Waals surface area contributed by atoms with Crippen LogP contribution in [0.15, 0.2) is 82.1 Å². The lowest BCUT2D eigenvalue weighted by atomic mass is 10.1. The highest BCUT2D eigenvalue weighted by Crippen LogP contribution is 2.24. The van der Waals surface area contributed by atoms with Crippen LogP contribution in [0, 0.1) is 13.8 Å². The molecule has 3 rings (SSSR count). The minimum absolute atomic E-state index is 0.0123. The number of hydrogen-bond acceptors (Lipinski definition) is 6. The maximum atomic E-state index is 12.0. The third-order valence-electron chi connectivity index (χ3n) is 4.35. The van der Waals surface area contributed by atoms with Gasteiger partial charge in [0.25, 0.3) is 5.91 Å². The third kappa shape index (κ3) is 5.75. The highest BCUT2D eigenvalue weighted by Gasteiger charge is 2.06. The van der Waals surface area contributed by atoms with Crippen LogP contribution in [0.4, 0.5) is 11.4 Å². The Kier molecular flexibility index (Phi) is 6.89. The molecule has 0 saturated heterocycles. The number of hydrogen-bond donors (Lipinski definition) is 2. The molecule has 7 heteroatoms. The Morgan fingerprint density at radius 1 is 1.00 bits per heavy atom. The number of amides is 1. The first kappa shape index (κ1) is 20.7. The summed E-state index contributed by atoms with van der Waals surface area (Å²) in [6.07, 6.45) is 1.34. The summed E-state index contributed by atoms with van der Waals surface area (Å²) in [7, 11) is 0. The average Bonchev–Trinajstić information content (AvgIpc) is 2.76. The van der Waals surface area contributed by atoms with E-state index < -0.39 is 5.91 Å². The van der Waals surface area contributed by atoms with Crippen molar-refractivity contribution in [2.75, 3.05) is 6.61 Å². The Hall–Kier alpha value is -4.00. The summed E-state index contributed by atoms with van der Waals surface area (Å²) in [6, 6.07) is 19.7. The largest absolute Gasteiger partial charge is 0.507 e. The molecule has 152 valence electrons. The van der Waals surface area contributed by atoms with Crippen LogP contribution in [0.2, 0.25) is 0 Å². The van der Waals surface area contributed by atoms with Gasteiger partial charge in [-0.1, -0.05) is 30.3 Å². The molecule has 3 aromatic carbocycles. The van der Waals surface area contributed by atoms with Crippen LogP contribution in [-0.2, 0) is 4.79 Å². The number of azo groups is 1. The van der Waals surface area contributed by atoms with E-state index in [9.17, 15) is 9.90 Å². The molecule has 0 unspecified atom stereocenters. The number of ether oxygens (including phenoxy) is 1. The second-order valence-electron chi connectivity index (χ2n) is 6.56. The molecular formula is C23H22N4O3. The summed E-state index contributed by atoms with van der Waals surface area (Å²) in [5, 5.41) is 22.1. The molecule has 0 aliphatic heterocycles. The monoisotopic (exact) mass is 402 g/mol. The van der Waals surface area contributed by atoms with Gasteiger partial charge in [0.15, 0.2) is 6.61 Å². The molecule has 0 spiro atoms. The molecule has 0 bridgehead atoms. The molecule has 0 radical (unpaired) electrons. The first-order valence-electron chi connectivity index (χ1n) is 9.33. The molecule has 30 heavy (non-hydrogen) atoms. The SMILES string of the molecule is Cc1cccc(OCC(=O)NN=Cc2cc(N=Nc3ccccc3)ccc2O)c1C. The summed E-state index contributed by atoms with van der Waals surface area (Å²) >= 11 is 0. The van der Waals surface area contributed by atoms with Crippen LogP contribution in [0.3, 0.4) is 0 Å². The van der Waals surface area contributed by atoms with Gasteiger partial charge in [0.1, 0.15) is 11.5 Å². The molecule has 0 saturated carbocycles. The quantitative estimate of drug-likeness (QED) is 0.332. The first-order chi connectivity index (χ1) is 14.5. The fraction of sp³-hybridized carbons (Fsp3) is 0.130. The Morgan fingerprint density at radius 3 is 2.57 bits per heavy atom. The van der Waals surface area contributed by atoms with Gasteiger partial charge < -0.3 is 9.84 Å². The van der Waals surface area contributed by atoms with Gasteiger partial charge in [-0.15, -0.1) is 0 Å². The molecule has 0 atom stereocenters. The zero-order valence-corrected chi connectivity index (χ0v) is 16.7. The average molecular weight is 402 g/mol. The van der Waals surface area contributed by atoms with Crippen LogP contribution < -0.4 is 10.2 Å². The normalized spacial score (nSPS) is 11.1. The van der Waals surface area contributed by atoms with E-state index in [4.69, 9.17) is 4.74 Å². The van der Waals surface area contributed by atoms with E-state index in [0.717, 1.165) is 16.8 Å². The zero-order chi connectivity index (χ0) is 21.3. The van der Waals surface area contributed by atoms with Crippen LogP contribution in [0.1, 0.15) is 16.7 Å². The van der Waals surface area contributed by atoms with Crippen LogP contribution in [0.25, 0.3) is 0 Å². The highest BCUT2D eigenvalue weighted by atomic mass is 16.5. The highest BCUT2D eigenvalue weighted by molar-refractivity contribution is 5.86. The summed E-state index contributed by atoms with van der Waals surface area (Å²) in [6.45, 7) is 3.75. The smallest absolute Gasteiger partial charge is 0.277 e. The van der Waals surface area contributed by atoms with E-state index in [2.05, 4.69) is 20.8 Å². The Labute approximate surface area is 174 Å². The van der Waals surface area contributed by atoms with E-state index in [1.807, 2.05) is 62.4 Å². The number of carbonyl (C=O) groups excluding carboxylic acids is 1. The number of benzene rings is 3. The standard InChI is InChI=1S/C23H22N4O3/c1-16-7-6-10-22(17(16)2)30-15-23(29)27-24-14-18-13-20(11-12-21(18)28)26-25-19-8-4-3-5-9-19/h3-14,28H,15H2,1-2H3,(H,27,29). The summed E-state index contributed by atoms with van der Waals surface area (Å²) < 4.78 is 5.54. The van der Waals surface area contributed by atoms with Gasteiger partial charge in [0.05, 0.1) is 17.6 Å². The number of aromatic hydroxyl groups is 1. The number of nitrogens with zero attached hydrogens (tertiary/aromatic N) is 3. The molecule has 0 aliphatic rings. The number of hydrazone groups is 1. The van der Waals surface area contributed by atoms with Crippen molar-refractivity contribution in [3.8, 4) is 11.5 Å². The van der Waals surface area contributed by atoms with Gasteiger partial charge >= 0.3 is 0 Å². The van der Waals surface area contributed by atoms with Crippen LogP contribution >= 0.6 is 0 Å². The molecule has 0 aromatic heterocycles. The topological polar surface area (TPSA) is 95.6 Å². The molecule has 3 aromatic rings. The third-order valence-corrected chi connectivity index (χ3v) is 4.35. The van der Waals surface area contributed by atoms with Crippen molar-refractivity contribution in [3.05, 3.63) is 83.4 Å². The maximum Gasteiger partial charge on any atom is 0.277 e. The number of carbonyl (C=O) groups is 1. The predicted molar refractivity (Wildman–Crippen MR) is 116 cm³/mol. The number of nitrogens with one attached hydrogen (secondary N) is 1. The van der Waals surface area contributed by atoms with Gasteiger partial charge in [-0.3, -0.25) is 4.79 Å². The number of phenolic OH excluding ortho intramolecular Hbond substituents is 1. The van der Waals surface area contributed by atoms with Crippen molar-refractivity contribution >= 4 is 23.5 Å². The summed E-state index contributed by atoms with van der Waals surface area (Å²) in [4.78, 5) is 12.0. The van der Waals surface area contributed by atoms with Crippen LogP contribution in [-0.4, -0.2) is 23.8 Å². The van der Waals surface area contributed by atoms with E-state index in [-0.39, 0.29) is 12.4 Å². The second kappa shape index (κ2) is 9.97. The lowest BCUT2D eigenvalue weighted by Crippen LogP contribution is -2.24. The van der Waals surface area contributed by atoms with E-state index in [1.54, 1.807) is 12.1 Å². The number of phenols is 1. The first-order valence-corrected chi connectivity index (χ1v) is 9.33. The van der Waals surface area contributed by atoms with Gasteiger partial charge in [-0.2, -0.15) is 15.3 Å². The van der Waals surface area contributed by atoms with Crippen molar-refractivity contribution in [2.24, 2.45) is 15.3 Å². The fourth-order valence-corrected chi connectivity index (χ4v) is 2.55. The lowest BCUT2D eigenvalue weighted by Gasteiger charge is -2.09.